The molecule has 0 spiro atoms. The molecule has 4 amide bonds. The predicted octanol–water partition coefficient (Wildman–Crippen LogP) is 4.72. The molecule has 3 atom stereocenters. The highest BCUT2D eigenvalue weighted by molar-refractivity contribution is 7.09. The molecule has 0 aliphatic carbocycles. The van der Waals surface area contributed by atoms with E-state index in [4.69, 9.17) is 4.74 Å². The molecule has 2 bridgehead atoms. The summed E-state index contributed by atoms with van der Waals surface area (Å²) in [6, 6.07) is 31.1. The van der Waals surface area contributed by atoms with Crippen molar-refractivity contribution >= 4 is 46.6 Å². The van der Waals surface area contributed by atoms with Crippen LogP contribution in [-0.4, -0.2) is 66.0 Å². The lowest BCUT2D eigenvalue weighted by Crippen LogP contribution is -2.57. The number of para-hydroxylation sites is 1. The van der Waals surface area contributed by atoms with E-state index in [1.165, 1.54) is 16.2 Å². The van der Waals surface area contributed by atoms with Gasteiger partial charge in [0.05, 0.1) is 6.54 Å². The molecule has 54 heavy (non-hydrogen) atoms. The number of anilines is 1. The van der Waals surface area contributed by atoms with Crippen molar-refractivity contribution < 1.29 is 33.8 Å². The first-order chi connectivity index (χ1) is 26.1. The second kappa shape index (κ2) is 17.5. The summed E-state index contributed by atoms with van der Waals surface area (Å²) in [4.78, 5) is 70.1. The number of carboxylic acids is 1. The Hall–Kier alpha value is -6.27. The normalized spacial score (nSPS) is 18.7. The van der Waals surface area contributed by atoms with E-state index in [-0.39, 0.29) is 19.3 Å². The fourth-order valence-corrected chi connectivity index (χ4v) is 7.07. The molecule has 12 heteroatoms. The van der Waals surface area contributed by atoms with Gasteiger partial charge in [-0.2, -0.15) is 0 Å². The van der Waals surface area contributed by atoms with Crippen LogP contribution in [0.15, 0.2) is 121 Å². The fraction of sp³-hybridized carbons (Fsp3) is 0.214. The van der Waals surface area contributed by atoms with Gasteiger partial charge in [-0.3, -0.25) is 24.1 Å². The molecular formula is C42H40N4O7S. The van der Waals surface area contributed by atoms with E-state index < -0.39 is 60.9 Å². The zero-order chi connectivity index (χ0) is 38.0. The number of thiophene rings is 1. The molecule has 1 aromatic heterocycles. The molecule has 11 nitrogen and oxygen atoms in total. The molecule has 4 N–H and O–H groups in total. The molecule has 0 saturated carbocycles. The fourth-order valence-electron chi connectivity index (χ4n) is 6.32. The molecular weight excluding hydrogens is 705 g/mol. The van der Waals surface area contributed by atoms with Crippen LogP contribution in [0.2, 0.25) is 0 Å². The first-order valence-corrected chi connectivity index (χ1v) is 18.4. The van der Waals surface area contributed by atoms with E-state index in [1.54, 1.807) is 55.5 Å². The second-order valence-electron chi connectivity index (χ2n) is 13.0. The van der Waals surface area contributed by atoms with Gasteiger partial charge >= 0.3 is 5.97 Å². The number of ether oxygens (including phenoxy) is 1. The van der Waals surface area contributed by atoms with Gasteiger partial charge in [-0.15, -0.1) is 11.3 Å². The average Bonchev–Trinajstić information content (AvgIpc) is 3.70. The van der Waals surface area contributed by atoms with Crippen LogP contribution < -0.4 is 25.6 Å². The molecule has 276 valence electrons. The summed E-state index contributed by atoms with van der Waals surface area (Å²) in [6.07, 6.45) is 0.188. The SMILES string of the molecule is Cc1ccccc1N1C(=O)CNC(=O)[C@@H](Cc2ccc(-c3ccccc3)cc2)NC(=O)[C@H](Cc2cccs2)NC(=O)COc2ccc(cc2)C[C@@H]1C(=O)O. The predicted molar refractivity (Wildman–Crippen MR) is 206 cm³/mol. The Balaban J connectivity index is 1.33. The highest BCUT2D eigenvalue weighted by Gasteiger charge is 2.34. The number of fused-ring (bicyclic) bond motifs is 16. The van der Waals surface area contributed by atoms with Crippen LogP contribution in [-0.2, 0) is 43.2 Å². The minimum atomic E-state index is -1.33. The van der Waals surface area contributed by atoms with Gasteiger partial charge in [0.25, 0.3) is 5.91 Å². The van der Waals surface area contributed by atoms with E-state index >= 15 is 0 Å². The summed E-state index contributed by atoms with van der Waals surface area (Å²) in [5.74, 6) is -3.32. The molecule has 0 fully saturated rings. The standard InChI is InChI=1S/C42H40N4O7S/c1-27-8-5-6-12-36(27)46-37(42(51)52)23-29-15-19-32(20-16-29)53-26-38(47)44-35(24-33-11-7-21-54-33)41(50)45-34(40(49)43-25-39(46)48)22-28-13-17-31(18-14-28)30-9-3-2-4-10-30/h2-21,34-35,37H,22-26H2,1H3,(H,43,49)(H,44,47)(H,45,50)(H,51,52)/t34-,35+,37-/m1/s1. The van der Waals surface area contributed by atoms with Crippen LogP contribution in [0.1, 0.15) is 21.6 Å². The minimum absolute atomic E-state index is 0.0494. The van der Waals surface area contributed by atoms with E-state index in [0.717, 1.165) is 21.6 Å². The summed E-state index contributed by atoms with van der Waals surface area (Å²) < 4.78 is 5.73. The van der Waals surface area contributed by atoms with Crippen LogP contribution in [0.4, 0.5) is 5.69 Å². The molecule has 4 aromatic carbocycles. The lowest BCUT2D eigenvalue weighted by molar-refractivity contribution is -0.140. The van der Waals surface area contributed by atoms with Gasteiger partial charge in [0.15, 0.2) is 6.61 Å². The molecule has 5 aromatic rings. The topological polar surface area (TPSA) is 154 Å². The molecule has 7 rings (SSSR count). The summed E-state index contributed by atoms with van der Waals surface area (Å²) in [5.41, 5.74) is 4.40. The third-order valence-corrected chi connectivity index (χ3v) is 10.0. The second-order valence-corrected chi connectivity index (χ2v) is 14.0. The van der Waals surface area contributed by atoms with Gasteiger partial charge in [0.2, 0.25) is 17.7 Å². The Labute approximate surface area is 317 Å². The number of carboxylic acid groups (broad SMARTS) is 1. The van der Waals surface area contributed by atoms with Crippen LogP contribution >= 0.6 is 11.3 Å². The van der Waals surface area contributed by atoms with Gasteiger partial charge in [0.1, 0.15) is 23.9 Å². The highest BCUT2D eigenvalue weighted by Crippen LogP contribution is 2.25. The van der Waals surface area contributed by atoms with Crippen molar-refractivity contribution in [2.75, 3.05) is 18.1 Å². The van der Waals surface area contributed by atoms with E-state index in [1.807, 2.05) is 72.1 Å². The van der Waals surface area contributed by atoms with Crippen molar-refractivity contribution in [3.8, 4) is 16.9 Å². The molecule has 3 heterocycles. The smallest absolute Gasteiger partial charge is 0.327 e. The van der Waals surface area contributed by atoms with Gasteiger partial charge < -0.3 is 25.8 Å². The van der Waals surface area contributed by atoms with Gasteiger partial charge in [-0.05, 0) is 64.4 Å². The molecule has 0 unspecified atom stereocenters. The summed E-state index contributed by atoms with van der Waals surface area (Å²) >= 11 is 1.43. The average molecular weight is 745 g/mol. The van der Waals surface area contributed by atoms with Crippen LogP contribution in [0.3, 0.4) is 0 Å². The number of carbonyl (C=O) groups excluding carboxylic acids is 4. The Morgan fingerprint density at radius 3 is 2.15 bits per heavy atom. The number of rotatable bonds is 7. The Bertz CT molecular complexity index is 2090. The third kappa shape index (κ3) is 9.58. The maximum atomic E-state index is 14.1. The number of hydrogen-bond acceptors (Lipinski definition) is 7. The van der Waals surface area contributed by atoms with E-state index in [0.29, 0.717) is 22.6 Å². The maximum absolute atomic E-state index is 14.1. The first kappa shape index (κ1) is 37.5. The Kier molecular flexibility index (Phi) is 12.1. The van der Waals surface area contributed by atoms with Crippen molar-refractivity contribution in [1.82, 2.24) is 16.0 Å². The van der Waals surface area contributed by atoms with Crippen LogP contribution in [0.5, 0.6) is 5.75 Å². The zero-order valence-electron chi connectivity index (χ0n) is 29.6. The maximum Gasteiger partial charge on any atom is 0.327 e. The summed E-state index contributed by atoms with van der Waals surface area (Å²) in [7, 11) is 0. The number of carbonyl (C=O) groups is 5. The van der Waals surface area contributed by atoms with Crippen molar-refractivity contribution in [1.29, 1.82) is 0 Å². The minimum Gasteiger partial charge on any atom is -0.484 e. The number of aryl methyl sites for hydroxylation is 1. The Morgan fingerprint density at radius 2 is 1.46 bits per heavy atom. The van der Waals surface area contributed by atoms with Crippen molar-refractivity contribution in [3.05, 3.63) is 142 Å². The van der Waals surface area contributed by atoms with Gasteiger partial charge in [0, 0.05) is 29.8 Å². The number of nitrogens with zero attached hydrogens (tertiary/aromatic N) is 1. The number of aliphatic carboxylic acids is 1. The largest absolute Gasteiger partial charge is 0.484 e. The summed E-state index contributed by atoms with van der Waals surface area (Å²) in [5, 5.41) is 20.6. The van der Waals surface area contributed by atoms with E-state index in [2.05, 4.69) is 16.0 Å². The molecule has 2 aliphatic heterocycles. The lowest BCUT2D eigenvalue weighted by atomic mass is 10.00. The number of benzene rings is 4. The van der Waals surface area contributed by atoms with Crippen molar-refractivity contribution in [2.45, 2.75) is 44.3 Å². The third-order valence-electron chi connectivity index (χ3n) is 9.15. The first-order valence-electron chi connectivity index (χ1n) is 17.5. The lowest BCUT2D eigenvalue weighted by Gasteiger charge is -2.31. The molecule has 0 saturated heterocycles. The van der Waals surface area contributed by atoms with Gasteiger partial charge in [-0.1, -0.05) is 91.0 Å². The quantitative estimate of drug-likeness (QED) is 0.176. The van der Waals surface area contributed by atoms with Gasteiger partial charge in [-0.25, -0.2) is 4.79 Å². The Morgan fingerprint density at radius 1 is 0.778 bits per heavy atom. The molecule has 0 radical (unpaired) electrons. The van der Waals surface area contributed by atoms with Crippen molar-refractivity contribution in [2.24, 2.45) is 0 Å². The zero-order valence-corrected chi connectivity index (χ0v) is 30.4. The number of amides is 4. The van der Waals surface area contributed by atoms with Crippen LogP contribution in [0.25, 0.3) is 11.1 Å². The van der Waals surface area contributed by atoms with Crippen LogP contribution in [0, 0.1) is 6.92 Å². The summed E-state index contributed by atoms with van der Waals surface area (Å²) in [6.45, 7) is 0.841. The van der Waals surface area contributed by atoms with Crippen molar-refractivity contribution in [3.63, 3.8) is 0 Å². The molecule has 2 aliphatic rings. The highest BCUT2D eigenvalue weighted by atomic mass is 32.1. The number of hydrogen-bond donors (Lipinski definition) is 4. The monoisotopic (exact) mass is 744 g/mol. The van der Waals surface area contributed by atoms with E-state index in [9.17, 15) is 29.1 Å². The number of nitrogens with one attached hydrogen (secondary N) is 3.